The van der Waals surface area contributed by atoms with Crippen molar-refractivity contribution >= 4 is 39.2 Å². The highest BCUT2D eigenvalue weighted by molar-refractivity contribution is 7.92. The zero-order valence-corrected chi connectivity index (χ0v) is 15.5. The van der Waals surface area contributed by atoms with Crippen molar-refractivity contribution in [2.75, 3.05) is 50.5 Å². The predicted molar refractivity (Wildman–Crippen MR) is 92.4 cm³/mol. The van der Waals surface area contributed by atoms with E-state index in [9.17, 15) is 18.0 Å². The fourth-order valence-corrected chi connectivity index (χ4v) is 3.49. The van der Waals surface area contributed by atoms with Gasteiger partial charge in [0.2, 0.25) is 15.9 Å². The van der Waals surface area contributed by atoms with Gasteiger partial charge in [0.1, 0.15) is 6.54 Å². The lowest BCUT2D eigenvalue weighted by Crippen LogP contribution is -2.47. The maximum absolute atomic E-state index is 12.4. The summed E-state index contributed by atoms with van der Waals surface area (Å²) in [6.07, 6.45) is 0.973. The monoisotopic (exact) mass is 390 g/mol. The normalized spacial score (nSPS) is 14.9. The van der Waals surface area contributed by atoms with Crippen LogP contribution in [0.4, 0.5) is 5.69 Å². The number of nitrogens with zero attached hydrogens (tertiary/aromatic N) is 2. The number of hydrogen-bond acceptors (Lipinski definition) is 6. The lowest BCUT2D eigenvalue weighted by Gasteiger charge is -2.30. The van der Waals surface area contributed by atoms with Crippen LogP contribution in [0.5, 0.6) is 0 Å². The van der Waals surface area contributed by atoms with Gasteiger partial charge < -0.3 is 14.4 Å². The van der Waals surface area contributed by atoms with Gasteiger partial charge >= 0.3 is 5.97 Å². The Kier molecular flexibility index (Phi) is 6.26. The Morgan fingerprint density at radius 1 is 1.32 bits per heavy atom. The first-order chi connectivity index (χ1) is 11.7. The molecule has 1 amide bonds. The highest BCUT2D eigenvalue weighted by Crippen LogP contribution is 2.29. The van der Waals surface area contributed by atoms with E-state index in [1.807, 2.05) is 0 Å². The Morgan fingerprint density at radius 3 is 2.52 bits per heavy atom. The number of anilines is 1. The molecule has 1 saturated heterocycles. The van der Waals surface area contributed by atoms with Crippen LogP contribution in [0.2, 0.25) is 5.02 Å². The molecule has 0 spiro atoms. The number of carbonyl (C=O) groups is 2. The van der Waals surface area contributed by atoms with Crippen LogP contribution in [0, 0.1) is 0 Å². The van der Waals surface area contributed by atoms with Gasteiger partial charge in [0.15, 0.2) is 0 Å². The topological polar surface area (TPSA) is 93.2 Å². The van der Waals surface area contributed by atoms with E-state index >= 15 is 0 Å². The maximum Gasteiger partial charge on any atom is 0.337 e. The first-order valence-corrected chi connectivity index (χ1v) is 9.67. The van der Waals surface area contributed by atoms with Gasteiger partial charge in [-0.2, -0.15) is 0 Å². The average Bonchev–Trinajstić information content (AvgIpc) is 2.59. The number of esters is 1. The maximum atomic E-state index is 12.4. The number of morpholine rings is 1. The molecule has 1 aliphatic rings. The molecule has 1 heterocycles. The Morgan fingerprint density at radius 2 is 1.96 bits per heavy atom. The van der Waals surface area contributed by atoms with E-state index in [4.69, 9.17) is 16.3 Å². The first kappa shape index (κ1) is 19.5. The lowest BCUT2D eigenvalue weighted by atomic mass is 10.2. The molecule has 2 rings (SSSR count). The van der Waals surface area contributed by atoms with Crippen molar-refractivity contribution in [2.24, 2.45) is 0 Å². The second-order valence-electron chi connectivity index (χ2n) is 5.42. The highest BCUT2D eigenvalue weighted by atomic mass is 35.5. The molecule has 0 N–H and O–H groups in total. The van der Waals surface area contributed by atoms with Gasteiger partial charge in [0, 0.05) is 13.1 Å². The highest BCUT2D eigenvalue weighted by Gasteiger charge is 2.27. The van der Waals surface area contributed by atoms with Crippen molar-refractivity contribution in [3.05, 3.63) is 28.8 Å². The zero-order valence-electron chi connectivity index (χ0n) is 13.9. The van der Waals surface area contributed by atoms with Gasteiger partial charge in [-0.3, -0.25) is 9.10 Å². The molecule has 138 valence electrons. The molecule has 10 heteroatoms. The molecular weight excluding hydrogens is 372 g/mol. The minimum absolute atomic E-state index is 0.0497. The van der Waals surface area contributed by atoms with Crippen molar-refractivity contribution in [1.82, 2.24) is 4.90 Å². The van der Waals surface area contributed by atoms with Crippen LogP contribution >= 0.6 is 11.6 Å². The number of rotatable bonds is 5. The molecule has 8 nitrogen and oxygen atoms in total. The van der Waals surface area contributed by atoms with E-state index in [1.54, 1.807) is 0 Å². The summed E-state index contributed by atoms with van der Waals surface area (Å²) in [5, 5.41) is 0.104. The predicted octanol–water partition coefficient (Wildman–Crippen LogP) is 0.751. The molecule has 0 bridgehead atoms. The van der Waals surface area contributed by atoms with E-state index in [1.165, 1.54) is 30.2 Å². The molecule has 1 fully saturated rings. The van der Waals surface area contributed by atoms with Crippen LogP contribution in [0.1, 0.15) is 10.4 Å². The fourth-order valence-electron chi connectivity index (χ4n) is 2.37. The second kappa shape index (κ2) is 8.03. The molecule has 0 aliphatic carbocycles. The number of amides is 1. The molecule has 25 heavy (non-hydrogen) atoms. The smallest absolute Gasteiger partial charge is 0.337 e. The Balaban J connectivity index is 2.35. The minimum atomic E-state index is -3.81. The van der Waals surface area contributed by atoms with Gasteiger partial charge in [0.05, 0.1) is 42.9 Å². The molecule has 1 aromatic carbocycles. The van der Waals surface area contributed by atoms with E-state index in [-0.39, 0.29) is 22.2 Å². The average molecular weight is 391 g/mol. The summed E-state index contributed by atoms with van der Waals surface area (Å²) in [6, 6.07) is 4.10. The zero-order chi connectivity index (χ0) is 18.6. The lowest BCUT2D eigenvalue weighted by molar-refractivity contribution is -0.133. The van der Waals surface area contributed by atoms with Crippen LogP contribution in [-0.4, -0.2) is 71.4 Å². The Labute approximate surface area is 151 Å². The summed E-state index contributed by atoms with van der Waals surface area (Å²) < 4.78 is 35.1. The van der Waals surface area contributed by atoms with Gasteiger partial charge in [-0.1, -0.05) is 11.6 Å². The molecule has 0 unspecified atom stereocenters. The number of sulfonamides is 1. The summed E-state index contributed by atoms with van der Waals surface area (Å²) in [5.41, 5.74) is 0.183. The summed E-state index contributed by atoms with van der Waals surface area (Å²) in [7, 11) is -2.59. The van der Waals surface area contributed by atoms with Gasteiger partial charge in [-0.25, -0.2) is 13.2 Å². The first-order valence-electron chi connectivity index (χ1n) is 7.45. The number of ether oxygens (including phenoxy) is 2. The molecule has 0 saturated carbocycles. The molecule has 0 atom stereocenters. The molecule has 1 aromatic rings. The molecule has 0 radical (unpaired) electrons. The summed E-state index contributed by atoms with van der Waals surface area (Å²) >= 11 is 6.11. The number of carbonyl (C=O) groups excluding carboxylic acids is 2. The largest absolute Gasteiger partial charge is 0.465 e. The number of methoxy groups -OCH3 is 1. The Hall–Kier alpha value is -1.84. The van der Waals surface area contributed by atoms with Gasteiger partial charge in [-0.05, 0) is 18.2 Å². The standard InChI is InChI=1S/C15H19ClN2O6S/c1-23-15(20)11-3-4-12(16)13(9-11)18(25(2,21)22)10-14(19)17-5-7-24-8-6-17/h3-4,9H,5-8,10H2,1-2H3. The molecule has 1 aliphatic heterocycles. The Bertz CT molecular complexity index is 761. The van der Waals surface area contributed by atoms with Crippen molar-refractivity contribution in [3.63, 3.8) is 0 Å². The summed E-state index contributed by atoms with van der Waals surface area (Å²) in [4.78, 5) is 25.7. The SMILES string of the molecule is COC(=O)c1ccc(Cl)c(N(CC(=O)N2CCOCC2)S(C)(=O)=O)c1. The quantitative estimate of drug-likeness (QED) is 0.689. The van der Waals surface area contributed by atoms with E-state index in [0.717, 1.165) is 10.6 Å². The van der Waals surface area contributed by atoms with Crippen molar-refractivity contribution < 1.29 is 27.5 Å². The third-order valence-corrected chi connectivity index (χ3v) is 5.12. The van der Waals surface area contributed by atoms with Gasteiger partial charge in [-0.15, -0.1) is 0 Å². The molecular formula is C15H19ClN2O6S. The number of hydrogen-bond donors (Lipinski definition) is 0. The van der Waals surface area contributed by atoms with Crippen LogP contribution in [0.15, 0.2) is 18.2 Å². The van der Waals surface area contributed by atoms with Crippen LogP contribution in [-0.2, 0) is 24.3 Å². The van der Waals surface area contributed by atoms with Gasteiger partial charge in [0.25, 0.3) is 0 Å². The van der Waals surface area contributed by atoms with Crippen molar-refractivity contribution in [3.8, 4) is 0 Å². The van der Waals surface area contributed by atoms with Crippen LogP contribution in [0.25, 0.3) is 0 Å². The number of benzene rings is 1. The van der Waals surface area contributed by atoms with Crippen molar-refractivity contribution in [1.29, 1.82) is 0 Å². The third kappa shape index (κ3) is 4.83. The van der Waals surface area contributed by atoms with E-state index in [0.29, 0.717) is 26.3 Å². The number of halogens is 1. The minimum Gasteiger partial charge on any atom is -0.465 e. The van der Waals surface area contributed by atoms with Crippen molar-refractivity contribution in [2.45, 2.75) is 0 Å². The van der Waals surface area contributed by atoms with Crippen LogP contribution < -0.4 is 4.31 Å². The van der Waals surface area contributed by atoms with E-state index in [2.05, 4.69) is 4.74 Å². The fraction of sp³-hybridized carbons (Fsp3) is 0.467. The second-order valence-corrected chi connectivity index (χ2v) is 7.73. The summed E-state index contributed by atoms with van der Waals surface area (Å²) in [5.74, 6) is -1.00. The van der Waals surface area contributed by atoms with Crippen LogP contribution in [0.3, 0.4) is 0 Å². The third-order valence-electron chi connectivity index (χ3n) is 3.68. The van der Waals surface area contributed by atoms with E-state index < -0.39 is 22.5 Å². The summed E-state index contributed by atoms with van der Waals surface area (Å²) in [6.45, 7) is 1.19. The molecule has 0 aromatic heterocycles.